The van der Waals surface area contributed by atoms with E-state index >= 15 is 0 Å². The standard InChI is InChI=1S/C11H10N4O2/c16-10-2-1-8(5-13-10)11(17)14-6-9-3-4-12-7-15-9/h1-5,7H,6H2,(H,13,16)(H,14,17). The van der Waals surface area contributed by atoms with Gasteiger partial charge in [-0.3, -0.25) is 9.59 Å². The van der Waals surface area contributed by atoms with Crippen LogP contribution < -0.4 is 10.9 Å². The van der Waals surface area contributed by atoms with Gasteiger partial charge in [-0.15, -0.1) is 0 Å². The minimum Gasteiger partial charge on any atom is -0.346 e. The molecule has 2 aromatic heterocycles. The molecule has 6 heteroatoms. The first-order valence-electron chi connectivity index (χ1n) is 4.97. The molecule has 0 saturated heterocycles. The van der Waals surface area contributed by atoms with Crippen LogP contribution in [0.15, 0.2) is 41.7 Å². The number of aromatic nitrogens is 3. The van der Waals surface area contributed by atoms with E-state index in [2.05, 4.69) is 20.3 Å². The van der Waals surface area contributed by atoms with Crippen LogP contribution in [-0.2, 0) is 6.54 Å². The third kappa shape index (κ3) is 2.97. The molecule has 2 heterocycles. The van der Waals surface area contributed by atoms with Gasteiger partial charge >= 0.3 is 0 Å². The van der Waals surface area contributed by atoms with Gasteiger partial charge < -0.3 is 10.3 Å². The Kier molecular flexibility index (Phi) is 3.25. The van der Waals surface area contributed by atoms with E-state index in [4.69, 9.17) is 0 Å². The Labute approximate surface area is 96.8 Å². The highest BCUT2D eigenvalue weighted by Gasteiger charge is 2.04. The van der Waals surface area contributed by atoms with Gasteiger partial charge in [0.1, 0.15) is 6.33 Å². The summed E-state index contributed by atoms with van der Waals surface area (Å²) in [4.78, 5) is 32.7. The monoisotopic (exact) mass is 230 g/mol. The van der Waals surface area contributed by atoms with Gasteiger partial charge in [-0.25, -0.2) is 9.97 Å². The highest BCUT2D eigenvalue weighted by Crippen LogP contribution is 1.95. The zero-order chi connectivity index (χ0) is 12.1. The number of aromatic amines is 1. The number of nitrogens with one attached hydrogen (secondary N) is 2. The van der Waals surface area contributed by atoms with Crippen molar-refractivity contribution in [1.29, 1.82) is 0 Å². The van der Waals surface area contributed by atoms with Gasteiger partial charge in [0.05, 0.1) is 17.8 Å². The van der Waals surface area contributed by atoms with Crippen LogP contribution in [0.25, 0.3) is 0 Å². The van der Waals surface area contributed by atoms with Crippen molar-refractivity contribution < 1.29 is 4.79 Å². The van der Waals surface area contributed by atoms with Crippen molar-refractivity contribution in [2.75, 3.05) is 0 Å². The quantitative estimate of drug-likeness (QED) is 0.782. The van der Waals surface area contributed by atoms with Crippen LogP contribution in [0.4, 0.5) is 0 Å². The van der Waals surface area contributed by atoms with Crippen LogP contribution in [0, 0.1) is 0 Å². The van der Waals surface area contributed by atoms with E-state index in [0.29, 0.717) is 12.1 Å². The van der Waals surface area contributed by atoms with Crippen LogP contribution in [-0.4, -0.2) is 20.9 Å². The van der Waals surface area contributed by atoms with Gasteiger partial charge in [-0.1, -0.05) is 0 Å². The lowest BCUT2D eigenvalue weighted by atomic mass is 10.2. The Balaban J connectivity index is 1.98. The number of nitrogens with zero attached hydrogens (tertiary/aromatic N) is 2. The average Bonchev–Trinajstić information content (AvgIpc) is 2.38. The smallest absolute Gasteiger partial charge is 0.253 e. The number of carbonyl (C=O) groups is 1. The molecular formula is C11H10N4O2. The predicted octanol–water partition coefficient (Wildman–Crippen LogP) is 0.0949. The SMILES string of the molecule is O=C(NCc1ccncn1)c1ccc(=O)[nH]c1. The van der Waals surface area contributed by atoms with Gasteiger partial charge in [0.25, 0.3) is 5.91 Å². The fraction of sp³-hybridized carbons (Fsp3) is 0.0909. The summed E-state index contributed by atoms with van der Waals surface area (Å²) in [5.41, 5.74) is 0.883. The van der Waals surface area contributed by atoms with Gasteiger partial charge in [0.2, 0.25) is 5.56 Å². The first kappa shape index (κ1) is 11.0. The number of pyridine rings is 1. The Morgan fingerprint density at radius 2 is 2.24 bits per heavy atom. The second-order valence-electron chi connectivity index (χ2n) is 3.32. The van der Waals surface area contributed by atoms with Crippen molar-refractivity contribution in [2.45, 2.75) is 6.54 Å². The maximum atomic E-state index is 11.7. The van der Waals surface area contributed by atoms with Crippen molar-refractivity contribution in [3.63, 3.8) is 0 Å². The van der Waals surface area contributed by atoms with E-state index in [9.17, 15) is 9.59 Å². The average molecular weight is 230 g/mol. The maximum Gasteiger partial charge on any atom is 0.253 e. The molecule has 2 aromatic rings. The van der Waals surface area contributed by atoms with E-state index < -0.39 is 0 Å². The molecule has 0 spiro atoms. The van der Waals surface area contributed by atoms with E-state index in [1.807, 2.05) is 0 Å². The lowest BCUT2D eigenvalue weighted by molar-refractivity contribution is 0.0950. The Morgan fingerprint density at radius 1 is 1.35 bits per heavy atom. The molecule has 0 atom stereocenters. The first-order valence-corrected chi connectivity index (χ1v) is 4.97. The second kappa shape index (κ2) is 5.02. The summed E-state index contributed by atoms with van der Waals surface area (Å²) >= 11 is 0. The largest absolute Gasteiger partial charge is 0.346 e. The summed E-state index contributed by atoms with van der Waals surface area (Å²) in [6, 6.07) is 4.49. The molecule has 86 valence electrons. The molecule has 0 bridgehead atoms. The van der Waals surface area contributed by atoms with Crippen molar-refractivity contribution in [2.24, 2.45) is 0 Å². The summed E-state index contributed by atoms with van der Waals surface area (Å²) in [5.74, 6) is -0.264. The topological polar surface area (TPSA) is 87.7 Å². The van der Waals surface area contributed by atoms with E-state index in [1.165, 1.54) is 24.7 Å². The van der Waals surface area contributed by atoms with Crippen molar-refractivity contribution in [3.8, 4) is 0 Å². The third-order valence-electron chi connectivity index (χ3n) is 2.12. The molecule has 6 nitrogen and oxygen atoms in total. The molecule has 2 N–H and O–H groups in total. The summed E-state index contributed by atoms with van der Waals surface area (Å²) in [5, 5.41) is 2.68. The molecule has 0 fully saturated rings. The minimum atomic E-state index is -0.264. The maximum absolute atomic E-state index is 11.7. The van der Waals surface area contributed by atoms with Gasteiger partial charge in [-0.2, -0.15) is 0 Å². The van der Waals surface area contributed by atoms with Crippen LogP contribution in [0.3, 0.4) is 0 Å². The number of amides is 1. The summed E-state index contributed by atoms with van der Waals surface area (Å²) in [6.45, 7) is 0.320. The first-order chi connectivity index (χ1) is 8.25. The molecule has 0 radical (unpaired) electrons. The van der Waals surface area contributed by atoms with Crippen molar-refractivity contribution >= 4 is 5.91 Å². The highest BCUT2D eigenvalue weighted by atomic mass is 16.1. The van der Waals surface area contributed by atoms with Crippen LogP contribution in [0.2, 0.25) is 0 Å². The Hall–Kier alpha value is -2.50. The van der Waals surface area contributed by atoms with E-state index in [1.54, 1.807) is 12.3 Å². The summed E-state index contributed by atoms with van der Waals surface area (Å²) in [6.07, 6.45) is 4.40. The van der Waals surface area contributed by atoms with Crippen molar-refractivity contribution in [3.05, 3.63) is 58.5 Å². The molecule has 0 aromatic carbocycles. The summed E-state index contributed by atoms with van der Waals surface area (Å²) < 4.78 is 0. The van der Waals surface area contributed by atoms with Gasteiger partial charge in [0.15, 0.2) is 0 Å². The zero-order valence-corrected chi connectivity index (χ0v) is 8.88. The minimum absolute atomic E-state index is 0.239. The number of H-pyrrole nitrogens is 1. The lowest BCUT2D eigenvalue weighted by Crippen LogP contribution is -2.24. The van der Waals surface area contributed by atoms with Gasteiger partial charge in [-0.05, 0) is 12.1 Å². The fourth-order valence-electron chi connectivity index (χ4n) is 1.25. The molecule has 2 rings (SSSR count). The normalized spacial score (nSPS) is 9.88. The third-order valence-corrected chi connectivity index (χ3v) is 2.12. The summed E-state index contributed by atoms with van der Waals surface area (Å²) in [7, 11) is 0. The van der Waals surface area contributed by atoms with Crippen LogP contribution in [0.1, 0.15) is 16.1 Å². The second-order valence-corrected chi connectivity index (χ2v) is 3.32. The molecule has 0 unspecified atom stereocenters. The molecular weight excluding hydrogens is 220 g/mol. The Morgan fingerprint density at radius 3 is 2.88 bits per heavy atom. The fourth-order valence-corrected chi connectivity index (χ4v) is 1.25. The molecule has 0 aliphatic rings. The number of hydrogen-bond donors (Lipinski definition) is 2. The van der Waals surface area contributed by atoms with Gasteiger partial charge in [0, 0.05) is 18.5 Å². The van der Waals surface area contributed by atoms with Crippen LogP contribution in [0.5, 0.6) is 0 Å². The van der Waals surface area contributed by atoms with Crippen molar-refractivity contribution in [1.82, 2.24) is 20.3 Å². The van der Waals surface area contributed by atoms with Crippen LogP contribution >= 0.6 is 0 Å². The number of carbonyl (C=O) groups excluding carboxylic acids is 1. The Bertz CT molecular complexity index is 545. The highest BCUT2D eigenvalue weighted by molar-refractivity contribution is 5.93. The number of hydrogen-bond acceptors (Lipinski definition) is 4. The van der Waals surface area contributed by atoms with E-state index in [-0.39, 0.29) is 11.5 Å². The molecule has 1 amide bonds. The molecule has 0 saturated carbocycles. The number of rotatable bonds is 3. The molecule has 0 aliphatic heterocycles. The van der Waals surface area contributed by atoms with E-state index in [0.717, 1.165) is 5.69 Å². The lowest BCUT2D eigenvalue weighted by Gasteiger charge is -2.03. The zero-order valence-electron chi connectivity index (χ0n) is 8.88. The molecule has 17 heavy (non-hydrogen) atoms. The molecule has 0 aliphatic carbocycles. The predicted molar refractivity (Wildman–Crippen MR) is 60.3 cm³/mol.